The van der Waals surface area contributed by atoms with Crippen molar-refractivity contribution < 1.29 is 0 Å². The van der Waals surface area contributed by atoms with Crippen LogP contribution in [0.2, 0.25) is 0 Å². The van der Waals surface area contributed by atoms with Crippen LogP contribution >= 0.6 is 0 Å². The van der Waals surface area contributed by atoms with E-state index in [0.717, 1.165) is 12.2 Å². The Balaban J connectivity index is 1.93. The Morgan fingerprint density at radius 2 is 2.06 bits per heavy atom. The molecule has 0 amide bonds. The normalized spacial score (nSPS) is 18.2. The molecule has 1 aromatic rings. The predicted octanol–water partition coefficient (Wildman–Crippen LogP) is 1.28. The number of rotatable bonds is 3. The van der Waals surface area contributed by atoms with E-state index in [-0.39, 0.29) is 5.56 Å². The highest BCUT2D eigenvalue weighted by Crippen LogP contribution is 2.15. The number of nitrogens with zero attached hydrogens (tertiary/aromatic N) is 2. The van der Waals surface area contributed by atoms with Crippen LogP contribution in [0.3, 0.4) is 0 Å². The molecule has 1 N–H and O–H groups in total. The Labute approximate surface area is 102 Å². The molecule has 0 unspecified atom stereocenters. The van der Waals surface area contributed by atoms with Crippen LogP contribution < -0.4 is 10.9 Å². The van der Waals surface area contributed by atoms with Crippen molar-refractivity contribution in [3.05, 3.63) is 28.7 Å². The first-order valence-corrected chi connectivity index (χ1v) is 6.34. The summed E-state index contributed by atoms with van der Waals surface area (Å²) in [5.74, 6) is 0. The molecule has 1 aromatic heterocycles. The first-order chi connectivity index (χ1) is 8.19. The van der Waals surface area contributed by atoms with Crippen molar-refractivity contribution in [1.82, 2.24) is 9.47 Å². The van der Waals surface area contributed by atoms with Gasteiger partial charge in [-0.2, -0.15) is 0 Å². The summed E-state index contributed by atoms with van der Waals surface area (Å²) < 4.78 is 1.61. The topological polar surface area (TPSA) is 37.3 Å². The maximum absolute atomic E-state index is 11.3. The first kappa shape index (κ1) is 12.2. The van der Waals surface area contributed by atoms with Gasteiger partial charge in [-0.3, -0.25) is 4.79 Å². The molecule has 17 heavy (non-hydrogen) atoms. The lowest BCUT2D eigenvalue weighted by atomic mass is 10.0. The molecule has 94 valence electrons. The molecule has 0 spiro atoms. The van der Waals surface area contributed by atoms with Crippen LogP contribution in [0.15, 0.2) is 23.1 Å². The molecule has 1 aliphatic rings. The quantitative estimate of drug-likeness (QED) is 0.857. The lowest BCUT2D eigenvalue weighted by molar-refractivity contribution is 0.229. The van der Waals surface area contributed by atoms with Gasteiger partial charge >= 0.3 is 0 Å². The van der Waals surface area contributed by atoms with Crippen molar-refractivity contribution in [2.45, 2.75) is 25.8 Å². The molecule has 0 atom stereocenters. The molecule has 4 heteroatoms. The van der Waals surface area contributed by atoms with Gasteiger partial charge in [-0.25, -0.2) is 0 Å². The monoisotopic (exact) mass is 235 g/mol. The van der Waals surface area contributed by atoms with Gasteiger partial charge in [0.05, 0.1) is 5.69 Å². The molecule has 1 fully saturated rings. The van der Waals surface area contributed by atoms with Crippen LogP contribution in [0, 0.1) is 0 Å². The van der Waals surface area contributed by atoms with Gasteiger partial charge < -0.3 is 14.8 Å². The summed E-state index contributed by atoms with van der Waals surface area (Å²) >= 11 is 0. The standard InChI is InChI=1S/C13H21N3O/c1-3-16-8-6-11(7-9-16)14-12-4-5-13(17)15(2)10-12/h4-5,10-11,14H,3,6-9H2,1-2H3. The van der Waals surface area contributed by atoms with E-state index in [0.29, 0.717) is 6.04 Å². The summed E-state index contributed by atoms with van der Waals surface area (Å²) in [6.07, 6.45) is 4.22. The Hall–Kier alpha value is -1.29. The summed E-state index contributed by atoms with van der Waals surface area (Å²) in [5, 5.41) is 3.51. The Morgan fingerprint density at radius 1 is 1.35 bits per heavy atom. The largest absolute Gasteiger partial charge is 0.381 e. The molecule has 1 saturated heterocycles. The predicted molar refractivity (Wildman–Crippen MR) is 70.4 cm³/mol. The van der Waals surface area contributed by atoms with Crippen LogP contribution in [0.25, 0.3) is 0 Å². The molecule has 2 heterocycles. The summed E-state index contributed by atoms with van der Waals surface area (Å²) in [5.41, 5.74) is 1.08. The van der Waals surface area contributed by atoms with Gasteiger partial charge in [0.2, 0.25) is 5.56 Å². The second kappa shape index (κ2) is 5.36. The summed E-state index contributed by atoms with van der Waals surface area (Å²) in [7, 11) is 1.78. The number of pyridine rings is 1. The third-order valence-electron chi connectivity index (χ3n) is 3.49. The first-order valence-electron chi connectivity index (χ1n) is 6.34. The number of hydrogen-bond donors (Lipinski definition) is 1. The van der Waals surface area contributed by atoms with E-state index in [1.54, 1.807) is 17.7 Å². The molecule has 1 aliphatic heterocycles. The average Bonchev–Trinajstić information content (AvgIpc) is 2.35. The van der Waals surface area contributed by atoms with E-state index >= 15 is 0 Å². The van der Waals surface area contributed by atoms with Crippen LogP contribution in [0.1, 0.15) is 19.8 Å². The van der Waals surface area contributed by atoms with E-state index < -0.39 is 0 Å². The zero-order valence-electron chi connectivity index (χ0n) is 10.6. The van der Waals surface area contributed by atoms with Crippen LogP contribution in [-0.2, 0) is 7.05 Å². The molecule has 0 bridgehead atoms. The summed E-state index contributed by atoms with van der Waals surface area (Å²) in [6.45, 7) is 5.69. The number of piperidine rings is 1. The highest BCUT2D eigenvalue weighted by atomic mass is 16.1. The molecular weight excluding hydrogens is 214 g/mol. The molecule has 0 aliphatic carbocycles. The van der Waals surface area contributed by atoms with Crippen LogP contribution in [0.5, 0.6) is 0 Å². The number of anilines is 1. The van der Waals surface area contributed by atoms with Crippen LogP contribution in [-0.4, -0.2) is 35.1 Å². The second-order valence-electron chi connectivity index (χ2n) is 4.72. The fourth-order valence-corrected chi connectivity index (χ4v) is 2.31. The zero-order chi connectivity index (χ0) is 12.3. The van der Waals surface area contributed by atoms with Gasteiger partial charge in [-0.15, -0.1) is 0 Å². The Kier molecular flexibility index (Phi) is 3.84. The number of nitrogens with one attached hydrogen (secondary N) is 1. The molecule has 2 rings (SSSR count). The lowest BCUT2D eigenvalue weighted by Crippen LogP contribution is -2.39. The number of aryl methyl sites for hydroxylation is 1. The highest BCUT2D eigenvalue weighted by molar-refractivity contribution is 5.41. The summed E-state index contributed by atoms with van der Waals surface area (Å²) in [6, 6.07) is 4.02. The number of aromatic nitrogens is 1. The van der Waals surface area contributed by atoms with Crippen molar-refractivity contribution in [1.29, 1.82) is 0 Å². The zero-order valence-corrected chi connectivity index (χ0v) is 10.6. The van der Waals surface area contributed by atoms with Gasteiger partial charge in [0, 0.05) is 38.4 Å². The molecule has 4 nitrogen and oxygen atoms in total. The fourth-order valence-electron chi connectivity index (χ4n) is 2.31. The van der Waals surface area contributed by atoms with Crippen molar-refractivity contribution >= 4 is 5.69 Å². The highest BCUT2D eigenvalue weighted by Gasteiger charge is 2.17. The lowest BCUT2D eigenvalue weighted by Gasteiger charge is -2.32. The minimum Gasteiger partial charge on any atom is -0.381 e. The molecule has 0 saturated carbocycles. The van der Waals surface area contributed by atoms with Crippen molar-refractivity contribution in [3.63, 3.8) is 0 Å². The van der Waals surface area contributed by atoms with Crippen molar-refractivity contribution in [3.8, 4) is 0 Å². The van der Waals surface area contributed by atoms with Crippen molar-refractivity contribution in [2.24, 2.45) is 7.05 Å². The van der Waals surface area contributed by atoms with Crippen LogP contribution in [0.4, 0.5) is 5.69 Å². The second-order valence-corrected chi connectivity index (χ2v) is 4.72. The SMILES string of the molecule is CCN1CCC(Nc2ccc(=O)n(C)c2)CC1. The minimum atomic E-state index is 0.0383. The van der Waals surface area contributed by atoms with Gasteiger partial charge in [0.1, 0.15) is 0 Å². The third kappa shape index (κ3) is 3.09. The molecular formula is C13H21N3O. The van der Waals surface area contributed by atoms with E-state index in [4.69, 9.17) is 0 Å². The maximum Gasteiger partial charge on any atom is 0.250 e. The Bertz CT molecular complexity index is 419. The smallest absolute Gasteiger partial charge is 0.250 e. The van der Waals surface area contributed by atoms with E-state index in [2.05, 4.69) is 17.1 Å². The molecule has 0 aromatic carbocycles. The van der Waals surface area contributed by atoms with Gasteiger partial charge in [0.25, 0.3) is 0 Å². The number of hydrogen-bond acceptors (Lipinski definition) is 3. The average molecular weight is 235 g/mol. The van der Waals surface area contributed by atoms with Gasteiger partial charge in [0.15, 0.2) is 0 Å². The Morgan fingerprint density at radius 3 is 2.65 bits per heavy atom. The fraction of sp³-hybridized carbons (Fsp3) is 0.615. The molecule has 0 radical (unpaired) electrons. The summed E-state index contributed by atoms with van der Waals surface area (Å²) in [4.78, 5) is 13.7. The van der Waals surface area contributed by atoms with Crippen molar-refractivity contribution in [2.75, 3.05) is 25.0 Å². The van der Waals surface area contributed by atoms with E-state index in [1.807, 2.05) is 12.3 Å². The number of likely N-dealkylation sites (tertiary alicyclic amines) is 1. The maximum atomic E-state index is 11.3. The van der Waals surface area contributed by atoms with E-state index in [9.17, 15) is 4.79 Å². The van der Waals surface area contributed by atoms with E-state index in [1.165, 1.54) is 25.9 Å². The minimum absolute atomic E-state index is 0.0383. The van der Waals surface area contributed by atoms with Gasteiger partial charge in [-0.1, -0.05) is 6.92 Å². The van der Waals surface area contributed by atoms with Gasteiger partial charge in [-0.05, 0) is 25.5 Å². The third-order valence-corrected chi connectivity index (χ3v) is 3.49.